The topological polar surface area (TPSA) is 88.4 Å². The second-order valence-electron chi connectivity index (χ2n) is 6.95. The molecule has 3 rings (SSSR count). The van der Waals surface area contributed by atoms with Crippen LogP contribution in [0.5, 0.6) is 5.75 Å². The van der Waals surface area contributed by atoms with Crippen molar-refractivity contribution in [3.63, 3.8) is 0 Å². The van der Waals surface area contributed by atoms with Crippen molar-refractivity contribution in [1.29, 1.82) is 5.26 Å². The fraction of sp³-hybridized carbons (Fsp3) is 0.261. The van der Waals surface area contributed by atoms with Crippen LogP contribution in [0.4, 0.5) is 0 Å². The number of benzene rings is 2. The predicted molar refractivity (Wildman–Crippen MR) is 129 cm³/mol. The number of hydrogen-bond donors (Lipinski definition) is 1. The number of thioether (sulfide) groups is 1. The first-order chi connectivity index (χ1) is 15.8. The standard InChI is InChI=1S/C23H19Cl3N2O4S/c1-3-32-20-16(25)8-13(9-17(20)26)18-14(10-27)22(28-21(29)19(18)23(30)31-2)33-11-12-6-4-5-7-15(12)24/h4-9,18-19H,3,11H2,1-2H3,(H,28,29)/t18-,19+/m1/s1. The van der Waals surface area contributed by atoms with Gasteiger partial charge in [0.05, 0.1) is 40.4 Å². The lowest BCUT2D eigenvalue weighted by molar-refractivity contribution is -0.150. The Balaban J connectivity index is 2.10. The number of rotatable bonds is 7. The lowest BCUT2D eigenvalue weighted by Gasteiger charge is -2.31. The summed E-state index contributed by atoms with van der Waals surface area (Å²) in [5, 5.41) is 14.0. The number of nitriles is 1. The third-order valence-electron chi connectivity index (χ3n) is 4.98. The summed E-state index contributed by atoms with van der Waals surface area (Å²) >= 11 is 20.2. The second kappa shape index (κ2) is 11.2. The number of halogens is 3. The maximum absolute atomic E-state index is 13.0. The number of ether oxygens (including phenoxy) is 2. The summed E-state index contributed by atoms with van der Waals surface area (Å²) in [5.74, 6) is -2.92. The molecule has 1 aliphatic rings. The molecule has 2 aromatic rings. The number of carbonyl (C=O) groups is 2. The lowest BCUT2D eigenvalue weighted by atomic mass is 9.78. The van der Waals surface area contributed by atoms with E-state index in [1.54, 1.807) is 25.1 Å². The molecule has 33 heavy (non-hydrogen) atoms. The summed E-state index contributed by atoms with van der Waals surface area (Å²) in [6.07, 6.45) is 0. The number of nitrogens with zero attached hydrogens (tertiary/aromatic N) is 1. The van der Waals surface area contributed by atoms with Gasteiger partial charge in [-0.15, -0.1) is 11.8 Å². The molecule has 0 fully saturated rings. The molecule has 0 aliphatic carbocycles. The van der Waals surface area contributed by atoms with Crippen LogP contribution in [0.1, 0.15) is 24.0 Å². The van der Waals surface area contributed by atoms with E-state index < -0.39 is 23.7 Å². The number of methoxy groups -OCH3 is 1. The Morgan fingerprint density at radius 3 is 2.42 bits per heavy atom. The van der Waals surface area contributed by atoms with Crippen molar-refractivity contribution in [2.75, 3.05) is 13.7 Å². The van der Waals surface area contributed by atoms with Crippen molar-refractivity contribution in [2.24, 2.45) is 5.92 Å². The minimum atomic E-state index is -1.29. The molecule has 172 valence electrons. The van der Waals surface area contributed by atoms with Gasteiger partial charge in [-0.2, -0.15) is 5.26 Å². The highest BCUT2D eigenvalue weighted by molar-refractivity contribution is 8.02. The van der Waals surface area contributed by atoms with Crippen LogP contribution in [-0.4, -0.2) is 25.6 Å². The van der Waals surface area contributed by atoms with Gasteiger partial charge < -0.3 is 14.8 Å². The number of carbonyl (C=O) groups excluding carboxylic acids is 2. The second-order valence-corrected chi connectivity index (χ2v) is 9.16. The summed E-state index contributed by atoms with van der Waals surface area (Å²) < 4.78 is 10.3. The van der Waals surface area contributed by atoms with Crippen LogP contribution in [0.25, 0.3) is 0 Å². The fourth-order valence-electron chi connectivity index (χ4n) is 3.49. The summed E-state index contributed by atoms with van der Waals surface area (Å²) in [4.78, 5) is 25.5. The van der Waals surface area contributed by atoms with Crippen LogP contribution in [0.2, 0.25) is 15.1 Å². The molecule has 0 unspecified atom stereocenters. The fourth-order valence-corrected chi connectivity index (χ4v) is 5.43. The van der Waals surface area contributed by atoms with Crippen LogP contribution in [-0.2, 0) is 20.1 Å². The molecule has 0 bridgehead atoms. The normalized spacial score (nSPS) is 17.9. The van der Waals surface area contributed by atoms with Crippen LogP contribution >= 0.6 is 46.6 Å². The van der Waals surface area contributed by atoms with Crippen LogP contribution < -0.4 is 10.1 Å². The Morgan fingerprint density at radius 1 is 1.18 bits per heavy atom. The highest BCUT2D eigenvalue weighted by atomic mass is 35.5. The molecular formula is C23H19Cl3N2O4S. The van der Waals surface area contributed by atoms with E-state index in [0.29, 0.717) is 28.0 Å². The highest BCUT2D eigenvalue weighted by Gasteiger charge is 2.44. The zero-order valence-corrected chi connectivity index (χ0v) is 20.7. The molecule has 1 heterocycles. The first-order valence-corrected chi connectivity index (χ1v) is 11.9. The van der Waals surface area contributed by atoms with Gasteiger partial charge in [-0.05, 0) is 36.2 Å². The SMILES string of the molecule is CCOc1c(Cl)cc([C@@H]2C(C#N)=C(SCc3ccccc3Cl)NC(=O)[C@H]2C(=O)OC)cc1Cl. The van der Waals surface area contributed by atoms with E-state index in [9.17, 15) is 14.9 Å². The van der Waals surface area contributed by atoms with Crippen molar-refractivity contribution in [1.82, 2.24) is 5.32 Å². The Morgan fingerprint density at radius 2 is 1.85 bits per heavy atom. The number of amides is 1. The molecule has 1 N–H and O–H groups in total. The zero-order valence-electron chi connectivity index (χ0n) is 17.7. The van der Waals surface area contributed by atoms with E-state index in [1.807, 2.05) is 18.2 Å². The summed E-state index contributed by atoms with van der Waals surface area (Å²) in [5.41, 5.74) is 1.45. The lowest BCUT2D eigenvalue weighted by Crippen LogP contribution is -2.44. The van der Waals surface area contributed by atoms with Gasteiger partial charge in [0, 0.05) is 16.7 Å². The van der Waals surface area contributed by atoms with Gasteiger partial charge in [0.1, 0.15) is 5.92 Å². The molecule has 0 saturated heterocycles. The third-order valence-corrected chi connectivity index (χ3v) is 6.98. The Bertz CT molecular complexity index is 1140. The number of allylic oxidation sites excluding steroid dienone is 1. The van der Waals surface area contributed by atoms with Crippen LogP contribution in [0.3, 0.4) is 0 Å². The molecule has 0 aromatic heterocycles. The van der Waals surface area contributed by atoms with Gasteiger partial charge in [-0.3, -0.25) is 9.59 Å². The van der Waals surface area contributed by atoms with E-state index in [-0.39, 0.29) is 21.4 Å². The molecule has 0 saturated carbocycles. The van der Waals surface area contributed by atoms with Gasteiger partial charge in [0.25, 0.3) is 0 Å². The van der Waals surface area contributed by atoms with E-state index >= 15 is 0 Å². The maximum atomic E-state index is 13.0. The predicted octanol–water partition coefficient (Wildman–Crippen LogP) is 5.72. The monoisotopic (exact) mass is 524 g/mol. The molecule has 2 aromatic carbocycles. The smallest absolute Gasteiger partial charge is 0.319 e. The van der Waals surface area contributed by atoms with Gasteiger partial charge in [0.2, 0.25) is 5.91 Å². The third kappa shape index (κ3) is 5.42. The van der Waals surface area contributed by atoms with Crippen molar-refractivity contribution in [2.45, 2.75) is 18.6 Å². The van der Waals surface area contributed by atoms with E-state index in [2.05, 4.69) is 11.4 Å². The van der Waals surface area contributed by atoms with Crippen molar-refractivity contribution >= 4 is 58.4 Å². The van der Waals surface area contributed by atoms with Crippen molar-refractivity contribution in [3.8, 4) is 11.8 Å². The van der Waals surface area contributed by atoms with Gasteiger partial charge in [0.15, 0.2) is 5.75 Å². The quantitative estimate of drug-likeness (QED) is 0.368. The molecule has 1 aliphatic heterocycles. The Kier molecular flexibility index (Phi) is 8.55. The highest BCUT2D eigenvalue weighted by Crippen LogP contribution is 2.44. The molecular weight excluding hydrogens is 507 g/mol. The van der Waals surface area contributed by atoms with E-state index in [4.69, 9.17) is 44.3 Å². The number of hydrogen-bond acceptors (Lipinski definition) is 6. The molecule has 6 nitrogen and oxygen atoms in total. The average Bonchev–Trinajstić information content (AvgIpc) is 2.79. The van der Waals surface area contributed by atoms with E-state index in [1.165, 1.54) is 18.9 Å². The minimum Gasteiger partial charge on any atom is -0.491 e. The first-order valence-electron chi connectivity index (χ1n) is 9.83. The average molecular weight is 526 g/mol. The summed E-state index contributed by atoms with van der Waals surface area (Å²) in [6.45, 7) is 2.14. The molecule has 2 atom stereocenters. The van der Waals surface area contributed by atoms with Gasteiger partial charge >= 0.3 is 5.97 Å². The minimum absolute atomic E-state index is 0.193. The Hall–Kier alpha value is -2.37. The van der Waals surface area contributed by atoms with Gasteiger partial charge in [-0.1, -0.05) is 53.0 Å². The number of esters is 1. The van der Waals surface area contributed by atoms with Crippen LogP contribution in [0, 0.1) is 17.2 Å². The molecule has 1 amide bonds. The van der Waals surface area contributed by atoms with Crippen molar-refractivity contribution in [3.05, 3.63) is 73.2 Å². The van der Waals surface area contributed by atoms with Gasteiger partial charge in [-0.25, -0.2) is 0 Å². The maximum Gasteiger partial charge on any atom is 0.319 e. The molecule has 0 spiro atoms. The molecule has 0 radical (unpaired) electrons. The van der Waals surface area contributed by atoms with Crippen LogP contribution in [0.15, 0.2) is 47.0 Å². The molecule has 10 heteroatoms. The first kappa shape index (κ1) is 25.3. The summed E-state index contributed by atoms with van der Waals surface area (Å²) in [6, 6.07) is 12.5. The largest absolute Gasteiger partial charge is 0.491 e. The zero-order chi connectivity index (χ0) is 24.1. The Labute approximate surface area is 210 Å². The van der Waals surface area contributed by atoms with Crippen molar-refractivity contribution < 1.29 is 19.1 Å². The number of nitrogens with one attached hydrogen (secondary N) is 1. The van der Waals surface area contributed by atoms with E-state index in [0.717, 1.165) is 5.56 Å². The summed E-state index contributed by atoms with van der Waals surface area (Å²) in [7, 11) is 1.18.